The minimum absolute atomic E-state index is 0.226. The standard InChI is InChI=1S/C11H23NOS/c1-8(13)9(2)14-7-11(12)10-5-3-4-6-10/h8-11,13H,3-7,12H2,1-2H3. The summed E-state index contributed by atoms with van der Waals surface area (Å²) in [7, 11) is 0. The quantitative estimate of drug-likeness (QED) is 0.740. The van der Waals surface area contributed by atoms with Crippen molar-refractivity contribution in [3.05, 3.63) is 0 Å². The Kier molecular flexibility index (Phi) is 5.28. The van der Waals surface area contributed by atoms with E-state index < -0.39 is 0 Å². The van der Waals surface area contributed by atoms with Crippen LogP contribution in [0.25, 0.3) is 0 Å². The van der Waals surface area contributed by atoms with Gasteiger partial charge in [-0.15, -0.1) is 0 Å². The van der Waals surface area contributed by atoms with Crippen LogP contribution in [0.15, 0.2) is 0 Å². The second-order valence-electron chi connectivity index (χ2n) is 4.49. The van der Waals surface area contributed by atoms with E-state index in [0.29, 0.717) is 11.3 Å². The van der Waals surface area contributed by atoms with Crippen LogP contribution in [0, 0.1) is 5.92 Å². The molecule has 0 amide bonds. The molecule has 0 aromatic rings. The predicted molar refractivity (Wildman–Crippen MR) is 63.5 cm³/mol. The zero-order valence-corrected chi connectivity index (χ0v) is 10.1. The molecule has 0 aromatic carbocycles. The third-order valence-electron chi connectivity index (χ3n) is 3.24. The highest BCUT2D eigenvalue weighted by atomic mass is 32.2. The highest BCUT2D eigenvalue weighted by Gasteiger charge is 2.22. The molecule has 1 fully saturated rings. The molecular weight excluding hydrogens is 194 g/mol. The normalized spacial score (nSPS) is 24.9. The van der Waals surface area contributed by atoms with Crippen molar-refractivity contribution in [2.75, 3.05) is 5.75 Å². The van der Waals surface area contributed by atoms with Gasteiger partial charge in [0.2, 0.25) is 0 Å². The number of hydrogen-bond acceptors (Lipinski definition) is 3. The van der Waals surface area contributed by atoms with E-state index in [4.69, 9.17) is 5.73 Å². The molecule has 1 saturated carbocycles. The molecule has 2 nitrogen and oxygen atoms in total. The van der Waals surface area contributed by atoms with Crippen molar-refractivity contribution in [3.63, 3.8) is 0 Å². The Morgan fingerprint density at radius 2 is 1.93 bits per heavy atom. The van der Waals surface area contributed by atoms with Crippen molar-refractivity contribution in [1.29, 1.82) is 0 Å². The van der Waals surface area contributed by atoms with E-state index in [1.165, 1.54) is 25.7 Å². The third-order valence-corrected chi connectivity index (χ3v) is 4.73. The van der Waals surface area contributed by atoms with Crippen LogP contribution in [0.3, 0.4) is 0 Å². The predicted octanol–water partition coefficient (Wildman–Crippen LogP) is 2.01. The van der Waals surface area contributed by atoms with Crippen LogP contribution in [0.5, 0.6) is 0 Å². The molecular formula is C11H23NOS. The fraction of sp³-hybridized carbons (Fsp3) is 1.00. The van der Waals surface area contributed by atoms with Crippen LogP contribution >= 0.6 is 11.8 Å². The van der Waals surface area contributed by atoms with Gasteiger partial charge in [0.25, 0.3) is 0 Å². The lowest BCUT2D eigenvalue weighted by molar-refractivity contribution is 0.196. The van der Waals surface area contributed by atoms with E-state index in [1.54, 1.807) is 11.8 Å². The minimum Gasteiger partial charge on any atom is -0.392 e. The summed E-state index contributed by atoms with van der Waals surface area (Å²) in [6, 6.07) is 0.337. The summed E-state index contributed by atoms with van der Waals surface area (Å²) < 4.78 is 0. The number of hydrogen-bond donors (Lipinski definition) is 2. The van der Waals surface area contributed by atoms with Crippen molar-refractivity contribution in [2.24, 2.45) is 11.7 Å². The van der Waals surface area contributed by atoms with Gasteiger partial charge < -0.3 is 10.8 Å². The van der Waals surface area contributed by atoms with Crippen molar-refractivity contribution in [2.45, 2.75) is 56.9 Å². The van der Waals surface area contributed by atoms with Gasteiger partial charge in [-0.25, -0.2) is 0 Å². The Morgan fingerprint density at radius 3 is 2.43 bits per heavy atom. The Bertz CT molecular complexity index is 157. The lowest BCUT2D eigenvalue weighted by atomic mass is 10.0. The average molecular weight is 217 g/mol. The molecule has 1 rings (SSSR count). The van der Waals surface area contributed by atoms with E-state index in [2.05, 4.69) is 6.92 Å². The van der Waals surface area contributed by atoms with E-state index in [0.717, 1.165) is 11.7 Å². The molecule has 1 aliphatic carbocycles. The largest absolute Gasteiger partial charge is 0.392 e. The number of thioether (sulfide) groups is 1. The summed E-state index contributed by atoms with van der Waals surface area (Å²) in [5, 5.41) is 9.65. The first-order valence-corrected chi connectivity index (χ1v) is 6.71. The molecule has 0 saturated heterocycles. The first-order valence-electron chi connectivity index (χ1n) is 5.66. The molecule has 84 valence electrons. The Balaban J connectivity index is 2.16. The van der Waals surface area contributed by atoms with Crippen molar-refractivity contribution in [3.8, 4) is 0 Å². The van der Waals surface area contributed by atoms with E-state index >= 15 is 0 Å². The minimum atomic E-state index is -0.226. The molecule has 0 radical (unpaired) electrons. The van der Waals surface area contributed by atoms with Gasteiger partial charge in [0.05, 0.1) is 6.10 Å². The first kappa shape index (κ1) is 12.3. The van der Waals surface area contributed by atoms with Crippen LogP contribution in [0.4, 0.5) is 0 Å². The lowest BCUT2D eigenvalue weighted by Gasteiger charge is -2.21. The monoisotopic (exact) mass is 217 g/mol. The summed E-state index contributed by atoms with van der Waals surface area (Å²) in [5.41, 5.74) is 6.12. The molecule has 1 aliphatic rings. The van der Waals surface area contributed by atoms with E-state index in [1.807, 2.05) is 6.92 Å². The Hall–Kier alpha value is 0.270. The van der Waals surface area contributed by atoms with Gasteiger partial charge in [-0.3, -0.25) is 0 Å². The van der Waals surface area contributed by atoms with Gasteiger partial charge in [-0.1, -0.05) is 19.8 Å². The second-order valence-corrected chi connectivity index (χ2v) is 5.90. The summed E-state index contributed by atoms with van der Waals surface area (Å²) in [6.07, 6.45) is 5.11. The van der Waals surface area contributed by atoms with Crippen LogP contribution in [0.1, 0.15) is 39.5 Å². The fourth-order valence-corrected chi connectivity index (χ4v) is 3.00. The molecule has 0 bridgehead atoms. The lowest BCUT2D eigenvalue weighted by Crippen LogP contribution is -2.32. The molecule has 0 spiro atoms. The number of rotatable bonds is 5. The zero-order valence-electron chi connectivity index (χ0n) is 9.28. The smallest absolute Gasteiger partial charge is 0.0628 e. The highest BCUT2D eigenvalue weighted by molar-refractivity contribution is 7.99. The van der Waals surface area contributed by atoms with Crippen LogP contribution in [-0.2, 0) is 0 Å². The van der Waals surface area contributed by atoms with Gasteiger partial charge in [-0.05, 0) is 25.7 Å². The second kappa shape index (κ2) is 5.99. The number of aliphatic hydroxyl groups is 1. The summed E-state index contributed by atoms with van der Waals surface area (Å²) in [6.45, 7) is 3.91. The van der Waals surface area contributed by atoms with Crippen LogP contribution in [-0.4, -0.2) is 28.3 Å². The maximum atomic E-state index is 9.34. The third kappa shape index (κ3) is 3.79. The molecule has 0 aliphatic heterocycles. The topological polar surface area (TPSA) is 46.2 Å². The SMILES string of the molecule is CC(O)C(C)SCC(N)C1CCCC1. The van der Waals surface area contributed by atoms with Crippen molar-refractivity contribution < 1.29 is 5.11 Å². The van der Waals surface area contributed by atoms with E-state index in [-0.39, 0.29) is 6.10 Å². The van der Waals surface area contributed by atoms with Crippen LogP contribution in [0.2, 0.25) is 0 Å². The zero-order chi connectivity index (χ0) is 10.6. The molecule has 3 atom stereocenters. The molecule has 14 heavy (non-hydrogen) atoms. The Morgan fingerprint density at radius 1 is 1.36 bits per heavy atom. The fourth-order valence-electron chi connectivity index (χ4n) is 1.92. The number of nitrogens with two attached hydrogens (primary N) is 1. The van der Waals surface area contributed by atoms with Crippen LogP contribution < -0.4 is 5.73 Å². The van der Waals surface area contributed by atoms with E-state index in [9.17, 15) is 5.11 Å². The first-order chi connectivity index (χ1) is 6.61. The highest BCUT2D eigenvalue weighted by Crippen LogP contribution is 2.29. The van der Waals surface area contributed by atoms with Gasteiger partial charge in [-0.2, -0.15) is 11.8 Å². The van der Waals surface area contributed by atoms with Gasteiger partial charge in [0.1, 0.15) is 0 Å². The summed E-state index contributed by atoms with van der Waals surface area (Å²) in [4.78, 5) is 0. The average Bonchev–Trinajstić information content (AvgIpc) is 2.66. The Labute approximate surface area is 91.6 Å². The summed E-state index contributed by atoms with van der Waals surface area (Å²) in [5.74, 6) is 1.74. The molecule has 3 heteroatoms. The van der Waals surface area contributed by atoms with Crippen molar-refractivity contribution >= 4 is 11.8 Å². The summed E-state index contributed by atoms with van der Waals surface area (Å²) >= 11 is 1.80. The van der Waals surface area contributed by atoms with Crippen molar-refractivity contribution in [1.82, 2.24) is 0 Å². The molecule has 0 aromatic heterocycles. The molecule has 3 unspecified atom stereocenters. The molecule has 0 heterocycles. The van der Waals surface area contributed by atoms with Gasteiger partial charge in [0.15, 0.2) is 0 Å². The maximum absolute atomic E-state index is 9.34. The van der Waals surface area contributed by atoms with Gasteiger partial charge in [0, 0.05) is 17.0 Å². The van der Waals surface area contributed by atoms with Gasteiger partial charge >= 0.3 is 0 Å². The number of aliphatic hydroxyl groups excluding tert-OH is 1. The molecule has 3 N–H and O–H groups in total. The maximum Gasteiger partial charge on any atom is 0.0628 e.